The van der Waals surface area contributed by atoms with E-state index in [0.717, 1.165) is 22.2 Å². The molecule has 4 heterocycles. The topological polar surface area (TPSA) is 89.9 Å². The van der Waals surface area contributed by atoms with E-state index in [9.17, 15) is 0 Å². The molecule has 0 fully saturated rings. The summed E-state index contributed by atoms with van der Waals surface area (Å²) in [6, 6.07) is 13.6. The largest absolute Gasteiger partial charge is 0.361 e. The lowest BCUT2D eigenvalue weighted by Crippen LogP contribution is -2.12. The zero-order valence-corrected chi connectivity index (χ0v) is 16.0. The van der Waals surface area contributed by atoms with Crippen LogP contribution in [0.1, 0.15) is 5.56 Å². The van der Waals surface area contributed by atoms with Gasteiger partial charge >= 0.3 is 0 Å². The Bertz CT molecular complexity index is 1420. The molecule has 9 nitrogen and oxygen atoms in total. The second kappa shape index (κ2) is 7.18. The van der Waals surface area contributed by atoms with E-state index >= 15 is 0 Å². The number of nitrogens with zero attached hydrogens (tertiary/aromatic N) is 9. The molecule has 0 spiro atoms. The molecule has 0 unspecified atom stereocenters. The van der Waals surface area contributed by atoms with E-state index < -0.39 is 0 Å². The number of fused-ring (bicyclic) bond motifs is 2. The Morgan fingerprint density at radius 2 is 2.00 bits per heavy atom. The van der Waals surface area contributed by atoms with Gasteiger partial charge in [0.1, 0.15) is 6.20 Å². The summed E-state index contributed by atoms with van der Waals surface area (Å²) in [7, 11) is 1.86. The van der Waals surface area contributed by atoms with Crippen molar-refractivity contribution in [3.8, 4) is 0 Å². The molecule has 9 heteroatoms. The maximum Gasteiger partial charge on any atom is 0.271 e. The van der Waals surface area contributed by atoms with Gasteiger partial charge in [0.05, 0.1) is 18.3 Å². The van der Waals surface area contributed by atoms with Crippen LogP contribution in [0.25, 0.3) is 27.0 Å². The molecule has 30 heavy (non-hydrogen) atoms. The summed E-state index contributed by atoms with van der Waals surface area (Å²) < 4.78 is 1.73. The monoisotopic (exact) mass is 393 g/mol. The average Bonchev–Trinajstić information content (AvgIpc) is 3.20. The Kier molecular flexibility index (Phi) is 4.22. The first kappa shape index (κ1) is 17.6. The molecule has 0 bridgehead atoms. The minimum atomic E-state index is 0.325. The van der Waals surface area contributed by atoms with Crippen molar-refractivity contribution < 1.29 is 0 Å². The molecular formula is C21H15N9. The number of anilines is 2. The fraction of sp³-hybridized carbons (Fsp3) is 0.0952. The van der Waals surface area contributed by atoms with Gasteiger partial charge in [0.25, 0.3) is 5.82 Å². The normalized spacial score (nSPS) is 10.9. The smallest absolute Gasteiger partial charge is 0.271 e. The SMILES string of the molecule is [C-]#[N+]c1cc(N(C)c2cnc3nnn(Cc4ccc5ncccc5c4)c3n2)ccn1. The molecule has 4 aromatic heterocycles. The van der Waals surface area contributed by atoms with Crippen molar-refractivity contribution >= 4 is 39.5 Å². The molecule has 0 saturated heterocycles. The number of aromatic nitrogens is 7. The first-order chi connectivity index (χ1) is 14.7. The highest BCUT2D eigenvalue weighted by Crippen LogP contribution is 2.25. The van der Waals surface area contributed by atoms with Crippen LogP contribution in [0.3, 0.4) is 0 Å². The summed E-state index contributed by atoms with van der Waals surface area (Å²) in [5, 5.41) is 9.43. The number of rotatable bonds is 4. The molecule has 0 N–H and O–H groups in total. The van der Waals surface area contributed by atoms with E-state index in [1.165, 1.54) is 0 Å². The summed E-state index contributed by atoms with van der Waals surface area (Å²) >= 11 is 0. The molecule has 0 amide bonds. The van der Waals surface area contributed by atoms with Gasteiger partial charge in [-0.15, -0.1) is 10.1 Å². The molecule has 0 aliphatic heterocycles. The highest BCUT2D eigenvalue weighted by atomic mass is 15.5. The predicted octanol–water partition coefficient (Wildman–Crippen LogP) is 3.53. The number of pyridine rings is 2. The highest BCUT2D eigenvalue weighted by molar-refractivity contribution is 5.79. The molecular weight excluding hydrogens is 378 g/mol. The van der Waals surface area contributed by atoms with Gasteiger partial charge in [-0.25, -0.2) is 14.6 Å². The van der Waals surface area contributed by atoms with Crippen LogP contribution in [0.5, 0.6) is 0 Å². The molecule has 0 aliphatic rings. The second-order valence-electron chi connectivity index (χ2n) is 6.70. The summed E-state index contributed by atoms with van der Waals surface area (Å²) in [5.74, 6) is 0.946. The third-order valence-corrected chi connectivity index (χ3v) is 4.79. The average molecular weight is 393 g/mol. The summed E-state index contributed by atoms with van der Waals surface area (Å²) in [5.41, 5.74) is 3.88. The van der Waals surface area contributed by atoms with Crippen LogP contribution in [-0.2, 0) is 6.54 Å². The Morgan fingerprint density at radius 1 is 1.07 bits per heavy atom. The third-order valence-electron chi connectivity index (χ3n) is 4.79. The predicted molar refractivity (Wildman–Crippen MR) is 113 cm³/mol. The van der Waals surface area contributed by atoms with Crippen molar-refractivity contribution in [2.24, 2.45) is 0 Å². The van der Waals surface area contributed by atoms with Crippen LogP contribution in [0.4, 0.5) is 17.3 Å². The van der Waals surface area contributed by atoms with Crippen LogP contribution in [-0.4, -0.2) is 42.0 Å². The zero-order chi connectivity index (χ0) is 20.5. The molecule has 1 aromatic carbocycles. The van der Waals surface area contributed by atoms with Gasteiger partial charge in [0, 0.05) is 30.4 Å². The highest BCUT2D eigenvalue weighted by Gasteiger charge is 2.13. The first-order valence-corrected chi connectivity index (χ1v) is 9.18. The van der Waals surface area contributed by atoms with Crippen molar-refractivity contribution in [1.29, 1.82) is 0 Å². The van der Waals surface area contributed by atoms with Crippen LogP contribution < -0.4 is 4.90 Å². The van der Waals surface area contributed by atoms with Gasteiger partial charge in [-0.05, 0) is 29.8 Å². The van der Waals surface area contributed by atoms with Crippen LogP contribution in [0.15, 0.2) is 61.1 Å². The maximum absolute atomic E-state index is 7.15. The number of hydrogen-bond acceptors (Lipinski definition) is 7. The fourth-order valence-electron chi connectivity index (χ4n) is 3.22. The Balaban J connectivity index is 1.50. The lowest BCUT2D eigenvalue weighted by atomic mass is 10.1. The molecule has 0 atom stereocenters. The maximum atomic E-state index is 7.15. The first-order valence-electron chi connectivity index (χ1n) is 9.18. The van der Waals surface area contributed by atoms with Crippen molar-refractivity contribution in [2.75, 3.05) is 11.9 Å². The minimum absolute atomic E-state index is 0.325. The van der Waals surface area contributed by atoms with Crippen molar-refractivity contribution in [1.82, 2.24) is 34.9 Å². The second-order valence-corrected chi connectivity index (χ2v) is 6.70. The van der Waals surface area contributed by atoms with Crippen LogP contribution in [0, 0.1) is 6.57 Å². The van der Waals surface area contributed by atoms with Gasteiger partial charge in [0.2, 0.25) is 5.65 Å². The molecule has 144 valence electrons. The summed E-state index contributed by atoms with van der Waals surface area (Å²) in [4.78, 5) is 22.7. The van der Waals surface area contributed by atoms with E-state index in [0.29, 0.717) is 29.5 Å². The number of hydrogen-bond donors (Lipinski definition) is 0. The Morgan fingerprint density at radius 3 is 2.90 bits per heavy atom. The van der Waals surface area contributed by atoms with Crippen molar-refractivity contribution in [2.45, 2.75) is 6.54 Å². The fourth-order valence-corrected chi connectivity index (χ4v) is 3.22. The Hall–Kier alpha value is -4.45. The summed E-state index contributed by atoms with van der Waals surface area (Å²) in [6.07, 6.45) is 5.02. The van der Waals surface area contributed by atoms with Gasteiger partial charge in [-0.2, -0.15) is 0 Å². The van der Waals surface area contributed by atoms with Crippen LogP contribution >= 0.6 is 0 Å². The molecule has 5 rings (SSSR count). The molecule has 0 aliphatic carbocycles. The lowest BCUT2D eigenvalue weighted by Gasteiger charge is -2.17. The van der Waals surface area contributed by atoms with Crippen LogP contribution in [0.2, 0.25) is 0 Å². The van der Waals surface area contributed by atoms with E-state index in [4.69, 9.17) is 11.6 Å². The Labute approximate surface area is 171 Å². The van der Waals surface area contributed by atoms with Gasteiger partial charge in [-0.3, -0.25) is 4.98 Å². The third kappa shape index (κ3) is 3.16. The minimum Gasteiger partial charge on any atom is -0.361 e. The number of benzene rings is 1. The molecule has 0 saturated carbocycles. The molecule has 5 aromatic rings. The summed E-state index contributed by atoms with van der Waals surface area (Å²) in [6.45, 7) is 7.66. The molecule has 0 radical (unpaired) electrons. The van der Waals surface area contributed by atoms with Gasteiger partial charge in [0.15, 0.2) is 11.5 Å². The van der Waals surface area contributed by atoms with E-state index in [1.54, 1.807) is 29.3 Å². The van der Waals surface area contributed by atoms with E-state index in [-0.39, 0.29) is 0 Å². The van der Waals surface area contributed by atoms with E-state index in [1.807, 2.05) is 42.3 Å². The van der Waals surface area contributed by atoms with Crippen molar-refractivity contribution in [3.05, 3.63) is 78.0 Å². The van der Waals surface area contributed by atoms with Crippen molar-refractivity contribution in [3.63, 3.8) is 0 Å². The van der Waals surface area contributed by atoms with E-state index in [2.05, 4.69) is 36.2 Å². The van der Waals surface area contributed by atoms with Gasteiger partial charge < -0.3 is 9.74 Å². The standard InChI is InChI=1S/C21H15N9/c1-22-18-11-16(7-9-24-18)29(2)19-12-25-20-21(26-19)30(28-27-20)13-14-5-6-17-15(10-14)4-3-8-23-17/h3-12H,13H2,2H3. The quantitative estimate of drug-likeness (QED) is 0.432. The van der Waals surface area contributed by atoms with Gasteiger partial charge in [-0.1, -0.05) is 23.9 Å². The zero-order valence-electron chi connectivity index (χ0n) is 16.0. The lowest BCUT2D eigenvalue weighted by molar-refractivity contribution is 0.664.